The number of nitrogens with two attached hydrogens (primary N) is 1. The number of hydrogen-bond donors (Lipinski definition) is 1. The first kappa shape index (κ1) is 8.97. The summed E-state index contributed by atoms with van der Waals surface area (Å²) in [5.41, 5.74) is -0.196. The second kappa shape index (κ2) is 3.52. The number of rotatable bonds is 3. The van der Waals surface area contributed by atoms with Gasteiger partial charge < -0.3 is 4.74 Å². The van der Waals surface area contributed by atoms with Gasteiger partial charge in [-0.2, -0.15) is 0 Å². The highest BCUT2D eigenvalue weighted by molar-refractivity contribution is 4.75. The summed E-state index contributed by atoms with van der Waals surface area (Å²) in [6, 6.07) is 0. The summed E-state index contributed by atoms with van der Waals surface area (Å²) >= 11 is 0. The normalized spacial score (nSPS) is 25.9. The fourth-order valence-corrected chi connectivity index (χ4v) is 1.49. The van der Waals surface area contributed by atoms with Gasteiger partial charge in [0.2, 0.25) is 0 Å². The van der Waals surface area contributed by atoms with E-state index in [0.717, 1.165) is 26.1 Å². The molecule has 11 heavy (non-hydrogen) atoms. The quantitative estimate of drug-likeness (QED) is 0.627. The first-order valence-corrected chi connectivity index (χ1v) is 4.10. The van der Waals surface area contributed by atoms with E-state index in [1.165, 1.54) is 0 Å². The Kier molecular flexibility index (Phi) is 2.87. The van der Waals surface area contributed by atoms with Gasteiger partial charge in [-0.25, -0.2) is 5.90 Å². The second-order valence-electron chi connectivity index (χ2n) is 3.81. The van der Waals surface area contributed by atoms with Crippen molar-refractivity contribution in [1.29, 1.82) is 0 Å². The zero-order chi connectivity index (χ0) is 8.32. The van der Waals surface area contributed by atoms with Crippen molar-refractivity contribution < 1.29 is 9.57 Å². The van der Waals surface area contributed by atoms with E-state index < -0.39 is 0 Å². The lowest BCUT2D eigenvalue weighted by Crippen LogP contribution is -2.30. The fourth-order valence-electron chi connectivity index (χ4n) is 1.49. The summed E-state index contributed by atoms with van der Waals surface area (Å²) < 4.78 is 5.25. The Morgan fingerprint density at radius 3 is 2.82 bits per heavy atom. The Labute approximate surface area is 67.8 Å². The molecule has 0 aromatic carbocycles. The Morgan fingerprint density at radius 1 is 1.64 bits per heavy atom. The molecule has 1 atom stereocenters. The molecular weight excluding hydrogens is 142 g/mol. The molecule has 0 radical (unpaired) electrons. The van der Waals surface area contributed by atoms with E-state index in [1.807, 2.05) is 13.8 Å². The molecule has 3 heteroatoms. The minimum atomic E-state index is -0.196. The minimum absolute atomic E-state index is 0.196. The minimum Gasteiger partial charge on any atom is -0.381 e. The summed E-state index contributed by atoms with van der Waals surface area (Å²) in [6.07, 6.45) is 2.14. The van der Waals surface area contributed by atoms with Gasteiger partial charge in [-0.1, -0.05) is 0 Å². The SMILES string of the molecule is CC(C)(CC1CCOC1)ON. The monoisotopic (exact) mass is 159 g/mol. The van der Waals surface area contributed by atoms with E-state index in [1.54, 1.807) is 0 Å². The zero-order valence-electron chi connectivity index (χ0n) is 7.30. The van der Waals surface area contributed by atoms with Crippen LogP contribution >= 0.6 is 0 Å². The van der Waals surface area contributed by atoms with Crippen LogP contribution in [0.1, 0.15) is 26.7 Å². The molecule has 2 N–H and O–H groups in total. The van der Waals surface area contributed by atoms with Crippen molar-refractivity contribution in [2.45, 2.75) is 32.3 Å². The van der Waals surface area contributed by atoms with Crippen LogP contribution in [0.5, 0.6) is 0 Å². The average molecular weight is 159 g/mol. The molecule has 1 unspecified atom stereocenters. The van der Waals surface area contributed by atoms with E-state index in [0.29, 0.717) is 5.92 Å². The van der Waals surface area contributed by atoms with Crippen molar-refractivity contribution in [3.05, 3.63) is 0 Å². The molecule has 0 aromatic rings. The number of hydrogen-bond acceptors (Lipinski definition) is 3. The summed E-state index contributed by atoms with van der Waals surface area (Å²) in [7, 11) is 0. The van der Waals surface area contributed by atoms with Crippen LogP contribution in [0.25, 0.3) is 0 Å². The molecule has 0 amide bonds. The van der Waals surface area contributed by atoms with Crippen molar-refractivity contribution in [3.8, 4) is 0 Å². The maximum Gasteiger partial charge on any atom is 0.0841 e. The van der Waals surface area contributed by atoms with E-state index in [-0.39, 0.29) is 5.60 Å². The lowest BCUT2D eigenvalue weighted by Gasteiger charge is -2.24. The Balaban J connectivity index is 2.28. The molecule has 66 valence electrons. The molecular formula is C8H17NO2. The lowest BCUT2D eigenvalue weighted by molar-refractivity contribution is -0.0367. The van der Waals surface area contributed by atoms with Crippen molar-refractivity contribution in [2.24, 2.45) is 11.8 Å². The van der Waals surface area contributed by atoms with Gasteiger partial charge in [0, 0.05) is 13.2 Å². The average Bonchev–Trinajstić information content (AvgIpc) is 2.39. The van der Waals surface area contributed by atoms with Gasteiger partial charge in [-0.15, -0.1) is 0 Å². The van der Waals surface area contributed by atoms with E-state index in [2.05, 4.69) is 0 Å². The molecule has 1 aliphatic rings. The van der Waals surface area contributed by atoms with Gasteiger partial charge in [0.05, 0.1) is 5.60 Å². The van der Waals surface area contributed by atoms with Crippen LogP contribution < -0.4 is 5.90 Å². The molecule has 1 heterocycles. The predicted octanol–water partition coefficient (Wildman–Crippen LogP) is 1.08. The molecule has 1 rings (SSSR count). The Bertz CT molecular complexity index is 119. The van der Waals surface area contributed by atoms with Gasteiger partial charge in [-0.05, 0) is 32.6 Å². The number of ether oxygens (including phenoxy) is 1. The molecule has 0 aromatic heterocycles. The highest BCUT2D eigenvalue weighted by Crippen LogP contribution is 2.24. The summed E-state index contributed by atoms with van der Waals surface area (Å²) in [5, 5.41) is 0. The fraction of sp³-hybridized carbons (Fsp3) is 1.00. The smallest absolute Gasteiger partial charge is 0.0841 e. The first-order chi connectivity index (χ1) is 5.14. The van der Waals surface area contributed by atoms with Crippen molar-refractivity contribution >= 4 is 0 Å². The standard InChI is InChI=1S/C8H17NO2/c1-8(2,11-9)5-7-3-4-10-6-7/h7H,3-6,9H2,1-2H3. The summed E-state index contributed by atoms with van der Waals surface area (Å²) in [5.74, 6) is 5.78. The third-order valence-corrected chi connectivity index (χ3v) is 2.12. The molecule has 1 aliphatic heterocycles. The molecule has 0 spiro atoms. The van der Waals surface area contributed by atoms with Crippen LogP contribution in [-0.4, -0.2) is 18.8 Å². The second-order valence-corrected chi connectivity index (χ2v) is 3.81. The molecule has 3 nitrogen and oxygen atoms in total. The highest BCUT2D eigenvalue weighted by atomic mass is 16.6. The third-order valence-electron chi connectivity index (χ3n) is 2.12. The van der Waals surface area contributed by atoms with Crippen molar-refractivity contribution in [3.63, 3.8) is 0 Å². The van der Waals surface area contributed by atoms with Gasteiger partial charge >= 0.3 is 0 Å². The summed E-state index contributed by atoms with van der Waals surface area (Å²) in [4.78, 5) is 4.84. The van der Waals surface area contributed by atoms with Crippen LogP contribution in [0.3, 0.4) is 0 Å². The van der Waals surface area contributed by atoms with Gasteiger partial charge in [0.1, 0.15) is 0 Å². The summed E-state index contributed by atoms with van der Waals surface area (Å²) in [6.45, 7) is 5.77. The van der Waals surface area contributed by atoms with Crippen LogP contribution in [0.4, 0.5) is 0 Å². The molecule has 1 fully saturated rings. The van der Waals surface area contributed by atoms with Gasteiger partial charge in [0.25, 0.3) is 0 Å². The third kappa shape index (κ3) is 2.77. The predicted molar refractivity (Wildman–Crippen MR) is 42.9 cm³/mol. The Hall–Kier alpha value is -0.120. The lowest BCUT2D eigenvalue weighted by atomic mass is 9.93. The van der Waals surface area contributed by atoms with Crippen LogP contribution in [0.15, 0.2) is 0 Å². The van der Waals surface area contributed by atoms with Crippen molar-refractivity contribution in [1.82, 2.24) is 0 Å². The van der Waals surface area contributed by atoms with Gasteiger partial charge in [-0.3, -0.25) is 4.84 Å². The van der Waals surface area contributed by atoms with Gasteiger partial charge in [0.15, 0.2) is 0 Å². The maximum absolute atomic E-state index is 5.25. The highest BCUT2D eigenvalue weighted by Gasteiger charge is 2.26. The van der Waals surface area contributed by atoms with E-state index in [4.69, 9.17) is 15.5 Å². The van der Waals surface area contributed by atoms with E-state index >= 15 is 0 Å². The Morgan fingerprint density at radius 2 is 2.36 bits per heavy atom. The van der Waals surface area contributed by atoms with E-state index in [9.17, 15) is 0 Å². The zero-order valence-corrected chi connectivity index (χ0v) is 7.30. The van der Waals surface area contributed by atoms with Crippen LogP contribution in [0.2, 0.25) is 0 Å². The molecule has 0 saturated carbocycles. The topological polar surface area (TPSA) is 44.5 Å². The first-order valence-electron chi connectivity index (χ1n) is 4.10. The molecule has 1 saturated heterocycles. The van der Waals surface area contributed by atoms with Crippen LogP contribution in [0, 0.1) is 5.92 Å². The maximum atomic E-state index is 5.25. The molecule has 0 aliphatic carbocycles. The largest absolute Gasteiger partial charge is 0.381 e. The van der Waals surface area contributed by atoms with Crippen molar-refractivity contribution in [2.75, 3.05) is 13.2 Å². The van der Waals surface area contributed by atoms with Crippen LogP contribution in [-0.2, 0) is 9.57 Å². The molecule has 0 bridgehead atoms.